The third kappa shape index (κ3) is 1.61. The van der Waals surface area contributed by atoms with Crippen LogP contribution in [0.15, 0.2) is 42.5 Å². The van der Waals surface area contributed by atoms with Crippen LogP contribution in [0.2, 0.25) is 0 Å². The Morgan fingerprint density at radius 3 is 2.67 bits per heavy atom. The Morgan fingerprint density at radius 1 is 1.33 bits per heavy atom. The first kappa shape index (κ1) is 9.77. The summed E-state index contributed by atoms with van der Waals surface area (Å²) in [5, 5.41) is 0. The predicted octanol–water partition coefficient (Wildman–Crippen LogP) is 2.62. The minimum atomic E-state index is -0.767. The van der Waals surface area contributed by atoms with Crippen LogP contribution in [0, 0.1) is 0 Å². The van der Waals surface area contributed by atoms with E-state index >= 15 is 0 Å². The fourth-order valence-corrected chi connectivity index (χ4v) is 1.57. The van der Waals surface area contributed by atoms with E-state index in [1.165, 1.54) is 0 Å². The normalized spacial score (nSPS) is 25.7. The van der Waals surface area contributed by atoms with Crippen molar-refractivity contribution in [3.8, 4) is 0 Å². The smallest absolute Gasteiger partial charge is 0.430 e. The maximum atomic E-state index is 11.1. The number of hydrogen-bond acceptors (Lipinski definition) is 3. The Morgan fingerprint density at radius 2 is 2.00 bits per heavy atom. The third-order valence-corrected chi connectivity index (χ3v) is 2.65. The summed E-state index contributed by atoms with van der Waals surface area (Å²) in [6, 6.07) is 9.53. The van der Waals surface area contributed by atoms with Crippen LogP contribution in [0.1, 0.15) is 12.5 Å². The first-order chi connectivity index (χ1) is 7.13. The summed E-state index contributed by atoms with van der Waals surface area (Å²) < 4.78 is 9.96. The zero-order chi connectivity index (χ0) is 10.9. The van der Waals surface area contributed by atoms with E-state index in [0.717, 1.165) is 11.1 Å². The first-order valence-electron chi connectivity index (χ1n) is 4.72. The fourth-order valence-electron chi connectivity index (χ4n) is 1.57. The maximum absolute atomic E-state index is 11.1. The van der Waals surface area contributed by atoms with Gasteiger partial charge in [0.2, 0.25) is 0 Å². The van der Waals surface area contributed by atoms with Crippen LogP contribution in [0.4, 0.5) is 4.79 Å². The molecule has 1 aromatic carbocycles. The minimum Gasteiger partial charge on any atom is -0.430 e. The van der Waals surface area contributed by atoms with E-state index in [4.69, 9.17) is 9.47 Å². The lowest BCUT2D eigenvalue weighted by Gasteiger charge is -2.35. The van der Waals surface area contributed by atoms with Gasteiger partial charge in [-0.2, -0.15) is 0 Å². The molecular formula is C12H12O3. The number of rotatable bonds is 1. The Balaban J connectivity index is 2.40. The molecule has 0 bridgehead atoms. The topological polar surface area (TPSA) is 35.5 Å². The highest BCUT2D eigenvalue weighted by Crippen LogP contribution is 2.35. The highest BCUT2D eigenvalue weighted by Gasteiger charge is 2.38. The molecule has 0 amide bonds. The van der Waals surface area contributed by atoms with Gasteiger partial charge in [0.05, 0.1) is 0 Å². The second-order valence-electron chi connectivity index (χ2n) is 3.64. The standard InChI is InChI=1S/C12H12O3/c1-9-8-14-11(13)15-12(9,2)10-6-4-3-5-7-10/h3-7H,1,8H2,2H3. The van der Waals surface area contributed by atoms with E-state index in [9.17, 15) is 4.79 Å². The molecule has 0 radical (unpaired) electrons. The van der Waals surface area contributed by atoms with Gasteiger partial charge in [-0.1, -0.05) is 36.9 Å². The molecule has 1 saturated heterocycles. The van der Waals surface area contributed by atoms with E-state index < -0.39 is 11.8 Å². The summed E-state index contributed by atoms with van der Waals surface area (Å²) >= 11 is 0. The van der Waals surface area contributed by atoms with Crippen molar-refractivity contribution in [3.63, 3.8) is 0 Å². The Labute approximate surface area is 88.3 Å². The number of carbonyl (C=O) groups is 1. The highest BCUT2D eigenvalue weighted by atomic mass is 16.7. The fraction of sp³-hybridized carbons (Fsp3) is 0.250. The van der Waals surface area contributed by atoms with Gasteiger partial charge in [-0.25, -0.2) is 4.79 Å². The van der Waals surface area contributed by atoms with Gasteiger partial charge in [0, 0.05) is 5.57 Å². The van der Waals surface area contributed by atoms with E-state index in [0.29, 0.717) is 0 Å². The molecule has 15 heavy (non-hydrogen) atoms. The SMILES string of the molecule is C=C1COC(=O)OC1(C)c1ccccc1. The molecule has 0 spiro atoms. The van der Waals surface area contributed by atoms with Crippen molar-refractivity contribution in [2.24, 2.45) is 0 Å². The molecule has 0 aromatic heterocycles. The zero-order valence-corrected chi connectivity index (χ0v) is 8.53. The molecule has 1 aliphatic rings. The van der Waals surface area contributed by atoms with Gasteiger partial charge in [-0.05, 0) is 12.5 Å². The summed E-state index contributed by atoms with van der Waals surface area (Å²) in [5.41, 5.74) is 0.885. The Hall–Kier alpha value is -1.77. The van der Waals surface area contributed by atoms with E-state index in [2.05, 4.69) is 6.58 Å². The van der Waals surface area contributed by atoms with Crippen molar-refractivity contribution in [1.29, 1.82) is 0 Å². The molecule has 0 N–H and O–H groups in total. The van der Waals surface area contributed by atoms with Crippen molar-refractivity contribution in [2.45, 2.75) is 12.5 Å². The molecule has 3 heteroatoms. The average molecular weight is 204 g/mol. The summed E-state index contributed by atoms with van der Waals surface area (Å²) in [5.74, 6) is 0. The Bertz CT molecular complexity index is 397. The number of hydrogen-bond donors (Lipinski definition) is 0. The van der Waals surface area contributed by atoms with Crippen LogP contribution in [0.5, 0.6) is 0 Å². The lowest BCUT2D eigenvalue weighted by atomic mass is 9.88. The quantitative estimate of drug-likeness (QED) is 0.521. The van der Waals surface area contributed by atoms with Crippen LogP contribution in [0.25, 0.3) is 0 Å². The third-order valence-electron chi connectivity index (χ3n) is 2.65. The highest BCUT2D eigenvalue weighted by molar-refractivity contribution is 5.63. The van der Waals surface area contributed by atoms with E-state index in [1.54, 1.807) is 0 Å². The molecule has 78 valence electrons. The molecule has 1 atom stereocenters. The molecule has 1 aliphatic heterocycles. The van der Waals surface area contributed by atoms with Gasteiger partial charge in [0.25, 0.3) is 0 Å². The van der Waals surface area contributed by atoms with Crippen LogP contribution >= 0.6 is 0 Å². The molecule has 1 fully saturated rings. The molecule has 0 aliphatic carbocycles. The number of ether oxygens (including phenoxy) is 2. The second-order valence-corrected chi connectivity index (χ2v) is 3.64. The van der Waals surface area contributed by atoms with Gasteiger partial charge in [0.15, 0.2) is 5.60 Å². The lowest BCUT2D eigenvalue weighted by molar-refractivity contribution is -0.0409. The molecule has 3 nitrogen and oxygen atoms in total. The average Bonchev–Trinajstić information content (AvgIpc) is 2.25. The molecule has 1 aromatic rings. The number of carbonyl (C=O) groups excluding carboxylic acids is 1. The predicted molar refractivity (Wildman–Crippen MR) is 55.4 cm³/mol. The van der Waals surface area contributed by atoms with Crippen molar-refractivity contribution >= 4 is 6.16 Å². The minimum absolute atomic E-state index is 0.213. The van der Waals surface area contributed by atoms with Gasteiger partial charge < -0.3 is 9.47 Å². The van der Waals surface area contributed by atoms with Crippen molar-refractivity contribution in [3.05, 3.63) is 48.0 Å². The maximum Gasteiger partial charge on any atom is 0.509 e. The molecule has 2 rings (SSSR count). The summed E-state index contributed by atoms with van der Waals surface area (Å²) in [4.78, 5) is 11.1. The van der Waals surface area contributed by atoms with Crippen LogP contribution < -0.4 is 0 Å². The second kappa shape index (κ2) is 3.42. The monoisotopic (exact) mass is 204 g/mol. The zero-order valence-electron chi connectivity index (χ0n) is 8.53. The molecule has 1 unspecified atom stereocenters. The van der Waals surface area contributed by atoms with Gasteiger partial charge in [-0.15, -0.1) is 0 Å². The van der Waals surface area contributed by atoms with Crippen LogP contribution in [0.3, 0.4) is 0 Å². The number of benzene rings is 1. The van der Waals surface area contributed by atoms with Gasteiger partial charge in [0.1, 0.15) is 6.61 Å². The number of cyclic esters (lactones) is 2. The first-order valence-corrected chi connectivity index (χ1v) is 4.72. The lowest BCUT2D eigenvalue weighted by Crippen LogP contribution is -2.38. The molecule has 0 saturated carbocycles. The largest absolute Gasteiger partial charge is 0.509 e. The van der Waals surface area contributed by atoms with Crippen molar-refractivity contribution < 1.29 is 14.3 Å². The van der Waals surface area contributed by atoms with Crippen LogP contribution in [-0.2, 0) is 15.1 Å². The van der Waals surface area contributed by atoms with Crippen molar-refractivity contribution in [1.82, 2.24) is 0 Å². The van der Waals surface area contributed by atoms with Crippen LogP contribution in [-0.4, -0.2) is 12.8 Å². The van der Waals surface area contributed by atoms with Gasteiger partial charge in [-0.3, -0.25) is 0 Å². The Kier molecular flexibility index (Phi) is 2.23. The van der Waals surface area contributed by atoms with E-state index in [-0.39, 0.29) is 6.61 Å². The van der Waals surface area contributed by atoms with Gasteiger partial charge >= 0.3 is 6.16 Å². The summed E-state index contributed by atoms with van der Waals surface area (Å²) in [6.45, 7) is 5.91. The van der Waals surface area contributed by atoms with Crippen molar-refractivity contribution in [2.75, 3.05) is 6.61 Å². The van der Waals surface area contributed by atoms with E-state index in [1.807, 2.05) is 37.3 Å². The molecular weight excluding hydrogens is 192 g/mol. The summed E-state index contributed by atoms with van der Waals surface area (Å²) in [7, 11) is 0. The summed E-state index contributed by atoms with van der Waals surface area (Å²) in [6.07, 6.45) is -0.645. The molecule has 1 heterocycles.